The van der Waals surface area contributed by atoms with E-state index in [-0.39, 0.29) is 0 Å². The van der Waals surface area contributed by atoms with Crippen molar-refractivity contribution in [2.75, 3.05) is 26.3 Å². The smallest absolute Gasteiger partial charge is 0.0585 e. The fourth-order valence-corrected chi connectivity index (χ4v) is 3.34. The van der Waals surface area contributed by atoms with Gasteiger partial charge in [0.05, 0.1) is 13.2 Å². The second kappa shape index (κ2) is 4.43. The summed E-state index contributed by atoms with van der Waals surface area (Å²) in [4.78, 5) is 0. The summed E-state index contributed by atoms with van der Waals surface area (Å²) < 4.78 is 5.54. The lowest BCUT2D eigenvalue weighted by Gasteiger charge is -2.44. The fraction of sp³-hybridized carbons (Fsp3) is 0.600. The average molecular weight is 231 g/mol. The summed E-state index contributed by atoms with van der Waals surface area (Å²) in [6.07, 6.45) is 2.61. The summed E-state index contributed by atoms with van der Waals surface area (Å²) in [5.41, 5.74) is 3.24. The molecule has 2 aliphatic heterocycles. The quantitative estimate of drug-likeness (QED) is 0.861. The number of benzene rings is 1. The van der Waals surface area contributed by atoms with E-state index in [2.05, 4.69) is 36.5 Å². The number of hydrogen-bond donors (Lipinski definition) is 1. The predicted molar refractivity (Wildman–Crippen MR) is 69.3 cm³/mol. The first-order valence-electron chi connectivity index (χ1n) is 6.65. The van der Waals surface area contributed by atoms with Crippen LogP contribution < -0.4 is 5.32 Å². The van der Waals surface area contributed by atoms with Crippen LogP contribution in [0.5, 0.6) is 0 Å². The van der Waals surface area contributed by atoms with Gasteiger partial charge in [0, 0.05) is 5.41 Å². The maximum atomic E-state index is 5.54. The Morgan fingerprint density at radius 2 is 2.18 bits per heavy atom. The third-order valence-corrected chi connectivity index (χ3v) is 4.31. The molecule has 0 aromatic heterocycles. The molecule has 2 heteroatoms. The largest absolute Gasteiger partial charge is 0.379 e. The normalized spacial score (nSPS) is 26.8. The van der Waals surface area contributed by atoms with Crippen LogP contribution >= 0.6 is 0 Å². The number of hydrogen-bond acceptors (Lipinski definition) is 2. The van der Waals surface area contributed by atoms with E-state index in [0.29, 0.717) is 5.41 Å². The van der Waals surface area contributed by atoms with E-state index in [0.717, 1.165) is 19.1 Å². The zero-order valence-corrected chi connectivity index (χ0v) is 10.5. The van der Waals surface area contributed by atoms with Gasteiger partial charge in [-0.2, -0.15) is 0 Å². The molecule has 1 N–H and O–H groups in total. The first-order chi connectivity index (χ1) is 8.30. The van der Waals surface area contributed by atoms with Gasteiger partial charge in [-0.3, -0.25) is 0 Å². The van der Waals surface area contributed by atoms with E-state index in [1.807, 2.05) is 0 Å². The summed E-state index contributed by atoms with van der Waals surface area (Å²) in [6, 6.07) is 8.81. The summed E-state index contributed by atoms with van der Waals surface area (Å²) in [5, 5.41) is 3.47. The molecular weight excluding hydrogens is 210 g/mol. The molecule has 2 saturated heterocycles. The summed E-state index contributed by atoms with van der Waals surface area (Å²) >= 11 is 0. The van der Waals surface area contributed by atoms with Crippen LogP contribution in [0.1, 0.15) is 24.0 Å². The van der Waals surface area contributed by atoms with E-state index < -0.39 is 0 Å². The molecule has 1 atom stereocenters. The highest BCUT2D eigenvalue weighted by molar-refractivity contribution is 5.35. The molecule has 0 spiro atoms. The monoisotopic (exact) mass is 231 g/mol. The molecule has 2 fully saturated rings. The standard InChI is InChI=1S/C15H21NO/c1-12-4-2-3-5-14(12)15(10-17-11-15)8-13-6-7-16-9-13/h2-5,13,16H,6-11H2,1H3. The molecule has 0 saturated carbocycles. The first-order valence-corrected chi connectivity index (χ1v) is 6.65. The summed E-state index contributed by atoms with van der Waals surface area (Å²) in [5.74, 6) is 0.832. The van der Waals surface area contributed by atoms with Crippen molar-refractivity contribution in [3.05, 3.63) is 35.4 Å². The Kier molecular flexibility index (Phi) is 2.93. The van der Waals surface area contributed by atoms with Gasteiger partial charge < -0.3 is 10.1 Å². The van der Waals surface area contributed by atoms with E-state index in [1.54, 1.807) is 0 Å². The van der Waals surface area contributed by atoms with Gasteiger partial charge in [0.15, 0.2) is 0 Å². The van der Waals surface area contributed by atoms with Crippen molar-refractivity contribution >= 4 is 0 Å². The van der Waals surface area contributed by atoms with Crippen molar-refractivity contribution in [1.29, 1.82) is 0 Å². The minimum absolute atomic E-state index is 0.308. The topological polar surface area (TPSA) is 21.3 Å². The van der Waals surface area contributed by atoms with Crippen molar-refractivity contribution in [2.24, 2.45) is 5.92 Å². The van der Waals surface area contributed by atoms with E-state index in [9.17, 15) is 0 Å². The number of ether oxygens (including phenoxy) is 1. The van der Waals surface area contributed by atoms with Crippen molar-refractivity contribution in [3.8, 4) is 0 Å². The minimum atomic E-state index is 0.308. The van der Waals surface area contributed by atoms with Crippen LogP contribution in [0.4, 0.5) is 0 Å². The molecule has 3 rings (SSSR count). The molecule has 1 aromatic rings. The minimum Gasteiger partial charge on any atom is -0.379 e. The van der Waals surface area contributed by atoms with Gasteiger partial charge in [-0.25, -0.2) is 0 Å². The van der Waals surface area contributed by atoms with Crippen LogP contribution in [0.15, 0.2) is 24.3 Å². The van der Waals surface area contributed by atoms with Gasteiger partial charge in [0.25, 0.3) is 0 Å². The maximum Gasteiger partial charge on any atom is 0.0585 e. The first kappa shape index (κ1) is 11.2. The third kappa shape index (κ3) is 2.00. The van der Waals surface area contributed by atoms with Gasteiger partial charge in [-0.1, -0.05) is 24.3 Å². The van der Waals surface area contributed by atoms with Crippen LogP contribution in [-0.2, 0) is 10.2 Å². The zero-order chi connectivity index (χ0) is 11.7. The second-order valence-electron chi connectivity index (χ2n) is 5.65. The zero-order valence-electron chi connectivity index (χ0n) is 10.5. The van der Waals surface area contributed by atoms with Crippen molar-refractivity contribution in [1.82, 2.24) is 5.32 Å². The number of rotatable bonds is 3. The second-order valence-corrected chi connectivity index (χ2v) is 5.65. The Bertz CT molecular complexity index is 392. The van der Waals surface area contributed by atoms with Crippen molar-refractivity contribution in [3.63, 3.8) is 0 Å². The number of nitrogens with one attached hydrogen (secondary N) is 1. The van der Waals surface area contributed by atoms with E-state index in [1.165, 1.54) is 37.1 Å². The van der Waals surface area contributed by atoms with Crippen LogP contribution in [0.3, 0.4) is 0 Å². The Labute approximate surface area is 103 Å². The van der Waals surface area contributed by atoms with Crippen LogP contribution in [0.2, 0.25) is 0 Å². The lowest BCUT2D eigenvalue weighted by molar-refractivity contribution is -0.0708. The molecule has 92 valence electrons. The lowest BCUT2D eigenvalue weighted by atomic mass is 9.70. The third-order valence-electron chi connectivity index (χ3n) is 4.31. The maximum absolute atomic E-state index is 5.54. The molecule has 1 aromatic carbocycles. The molecule has 0 radical (unpaired) electrons. The van der Waals surface area contributed by atoms with Gasteiger partial charge in [-0.05, 0) is 49.9 Å². The highest BCUT2D eigenvalue weighted by atomic mass is 16.5. The van der Waals surface area contributed by atoms with Crippen molar-refractivity contribution in [2.45, 2.75) is 25.2 Å². The molecule has 1 unspecified atom stereocenters. The molecular formula is C15H21NO. The summed E-state index contributed by atoms with van der Waals surface area (Å²) in [7, 11) is 0. The Morgan fingerprint density at radius 1 is 1.35 bits per heavy atom. The Hall–Kier alpha value is -0.860. The van der Waals surface area contributed by atoms with Gasteiger partial charge >= 0.3 is 0 Å². The van der Waals surface area contributed by atoms with Gasteiger partial charge in [0.1, 0.15) is 0 Å². The lowest BCUT2D eigenvalue weighted by Crippen LogP contribution is -2.48. The molecule has 2 aliphatic rings. The van der Waals surface area contributed by atoms with Crippen LogP contribution in [0, 0.1) is 12.8 Å². The van der Waals surface area contributed by atoms with Crippen LogP contribution in [-0.4, -0.2) is 26.3 Å². The number of aryl methyl sites for hydroxylation is 1. The molecule has 2 heterocycles. The SMILES string of the molecule is Cc1ccccc1C1(CC2CCNC2)COC1. The van der Waals surface area contributed by atoms with Crippen molar-refractivity contribution < 1.29 is 4.74 Å². The summed E-state index contributed by atoms with van der Waals surface area (Å²) in [6.45, 7) is 6.42. The average Bonchev–Trinajstić information content (AvgIpc) is 2.77. The van der Waals surface area contributed by atoms with E-state index >= 15 is 0 Å². The van der Waals surface area contributed by atoms with Crippen LogP contribution in [0.25, 0.3) is 0 Å². The Morgan fingerprint density at radius 3 is 2.76 bits per heavy atom. The molecule has 17 heavy (non-hydrogen) atoms. The molecule has 2 nitrogen and oxygen atoms in total. The molecule has 0 amide bonds. The molecule has 0 aliphatic carbocycles. The fourth-order valence-electron chi connectivity index (χ4n) is 3.34. The van der Waals surface area contributed by atoms with E-state index in [4.69, 9.17) is 4.74 Å². The van der Waals surface area contributed by atoms with Gasteiger partial charge in [0.2, 0.25) is 0 Å². The Balaban J connectivity index is 1.83. The highest BCUT2D eigenvalue weighted by Gasteiger charge is 2.43. The predicted octanol–water partition coefficient (Wildman–Crippen LogP) is 2.26. The highest BCUT2D eigenvalue weighted by Crippen LogP contribution is 2.40. The molecule has 0 bridgehead atoms. The van der Waals surface area contributed by atoms with Gasteiger partial charge in [-0.15, -0.1) is 0 Å².